The molecule has 2 aliphatic heterocycles. The van der Waals surface area contributed by atoms with Crippen molar-refractivity contribution in [3.63, 3.8) is 0 Å². The predicted molar refractivity (Wildman–Crippen MR) is 209 cm³/mol. The molecule has 0 amide bonds. The highest BCUT2D eigenvalue weighted by molar-refractivity contribution is 5.90. The molecule has 2 fully saturated rings. The molecular formula is C43H42F2N8O3. The number of nitrogens with zero attached hydrogens (tertiary/aromatic N) is 7. The van der Waals surface area contributed by atoms with Crippen LogP contribution >= 0.6 is 0 Å². The van der Waals surface area contributed by atoms with Gasteiger partial charge in [-0.1, -0.05) is 24.3 Å². The molecule has 13 heteroatoms. The third-order valence-electron chi connectivity index (χ3n) is 11.4. The summed E-state index contributed by atoms with van der Waals surface area (Å²) in [5.41, 5.74) is 8.34. The first kappa shape index (κ1) is 37.1. The first-order valence-electron chi connectivity index (χ1n) is 18.9. The Hall–Kier alpha value is -5.84. The van der Waals surface area contributed by atoms with Gasteiger partial charge in [0.15, 0.2) is 17.2 Å². The first-order chi connectivity index (χ1) is 27.0. The fraction of sp³-hybridized carbons (Fsp3) is 0.349. The molecule has 286 valence electrons. The molecule has 0 aliphatic carbocycles. The molecule has 2 aliphatic rings. The Balaban J connectivity index is 1.08. The van der Waals surface area contributed by atoms with Crippen LogP contribution in [-0.4, -0.2) is 67.0 Å². The number of hydrogen-bond acceptors (Lipinski definition) is 10. The SMILES string of the molecule is Cc1c(Nc2nc(C(F)F)nc3cc(CN4CCCC4)cnc23)cccc1-c1cccc(-c2nc3cc(CN4CCC(C)(C(=O)O)CC4)cc(C#N)c3o2)c1C. The number of nitrogens with one attached hydrogen (secondary N) is 1. The lowest BCUT2D eigenvalue weighted by atomic mass is 9.80. The zero-order valence-corrected chi connectivity index (χ0v) is 31.6. The Morgan fingerprint density at radius 3 is 2.29 bits per heavy atom. The lowest BCUT2D eigenvalue weighted by Gasteiger charge is -2.36. The Morgan fingerprint density at radius 2 is 1.57 bits per heavy atom. The van der Waals surface area contributed by atoms with E-state index in [1.807, 2.05) is 68.4 Å². The molecule has 0 unspecified atom stereocenters. The van der Waals surface area contributed by atoms with Crippen molar-refractivity contribution in [2.45, 2.75) is 66.0 Å². The van der Waals surface area contributed by atoms with E-state index in [0.717, 1.165) is 64.9 Å². The number of rotatable bonds is 10. The van der Waals surface area contributed by atoms with Gasteiger partial charge in [-0.05, 0) is 136 Å². The minimum absolute atomic E-state index is 0.210. The van der Waals surface area contributed by atoms with Gasteiger partial charge in [0, 0.05) is 30.5 Å². The maximum atomic E-state index is 14.1. The van der Waals surface area contributed by atoms with Crippen LogP contribution < -0.4 is 5.32 Å². The molecule has 6 aromatic rings. The third kappa shape index (κ3) is 7.18. The van der Waals surface area contributed by atoms with E-state index >= 15 is 0 Å². The lowest BCUT2D eigenvalue weighted by molar-refractivity contribution is -0.150. The molecule has 8 rings (SSSR count). The molecule has 0 bridgehead atoms. The standard InChI is InChI=1S/C43H42F2N8O3/c1-25-30(8-6-10-32(25)41-50-35-19-27(18-29(21-46)37(35)56-41)23-53-16-12-43(3,13-17-53)42(54)55)31-9-7-11-33(26(31)2)48-39-36-34(49-40(51-39)38(44)45)20-28(22-47-36)24-52-14-4-5-15-52/h6-11,18-20,22,38H,4-5,12-17,23-24H2,1-3H3,(H,54,55)(H,48,49,51). The van der Waals surface area contributed by atoms with Crippen LogP contribution in [0.4, 0.5) is 20.3 Å². The predicted octanol–water partition coefficient (Wildman–Crippen LogP) is 8.95. The van der Waals surface area contributed by atoms with Crippen LogP contribution in [0.2, 0.25) is 0 Å². The highest BCUT2D eigenvalue weighted by Crippen LogP contribution is 2.38. The fourth-order valence-corrected chi connectivity index (χ4v) is 7.96. The zero-order valence-electron chi connectivity index (χ0n) is 31.6. The van der Waals surface area contributed by atoms with Gasteiger partial charge in [0.25, 0.3) is 6.43 Å². The number of likely N-dealkylation sites (tertiary alicyclic amines) is 2. The summed E-state index contributed by atoms with van der Waals surface area (Å²) in [4.78, 5) is 34.2. The number of anilines is 2. The van der Waals surface area contributed by atoms with E-state index in [1.165, 1.54) is 0 Å². The van der Waals surface area contributed by atoms with Crippen molar-refractivity contribution in [2.24, 2.45) is 5.41 Å². The number of aliphatic carboxylic acids is 1. The van der Waals surface area contributed by atoms with Crippen LogP contribution in [-0.2, 0) is 17.9 Å². The van der Waals surface area contributed by atoms with E-state index in [2.05, 4.69) is 36.1 Å². The number of benzene rings is 3. The van der Waals surface area contributed by atoms with Gasteiger partial charge >= 0.3 is 5.97 Å². The second-order valence-corrected chi connectivity index (χ2v) is 15.3. The van der Waals surface area contributed by atoms with Crippen LogP contribution in [0.25, 0.3) is 44.7 Å². The summed E-state index contributed by atoms with van der Waals surface area (Å²) in [6.07, 6.45) is 2.34. The van der Waals surface area contributed by atoms with Gasteiger partial charge in [0.2, 0.25) is 5.89 Å². The number of carboxylic acid groups (broad SMARTS) is 1. The van der Waals surface area contributed by atoms with Crippen LogP contribution in [0.5, 0.6) is 0 Å². The van der Waals surface area contributed by atoms with Crippen molar-refractivity contribution < 1.29 is 23.1 Å². The maximum absolute atomic E-state index is 14.1. The molecule has 2 saturated heterocycles. The molecule has 0 spiro atoms. The van der Waals surface area contributed by atoms with Crippen LogP contribution in [0.1, 0.15) is 72.7 Å². The molecule has 5 heterocycles. The molecule has 11 nitrogen and oxygen atoms in total. The minimum Gasteiger partial charge on any atom is -0.481 e. The summed E-state index contributed by atoms with van der Waals surface area (Å²) in [5, 5.41) is 23.0. The van der Waals surface area contributed by atoms with Crippen molar-refractivity contribution in [1.29, 1.82) is 5.26 Å². The highest BCUT2D eigenvalue weighted by Gasteiger charge is 2.37. The van der Waals surface area contributed by atoms with E-state index in [-0.39, 0.29) is 5.82 Å². The summed E-state index contributed by atoms with van der Waals surface area (Å²) >= 11 is 0. The number of nitriles is 1. The second-order valence-electron chi connectivity index (χ2n) is 15.3. The first-order valence-corrected chi connectivity index (χ1v) is 18.9. The van der Waals surface area contributed by atoms with Gasteiger partial charge in [-0.3, -0.25) is 19.6 Å². The van der Waals surface area contributed by atoms with Gasteiger partial charge in [0.05, 0.1) is 16.5 Å². The second kappa shape index (κ2) is 15.0. The molecule has 56 heavy (non-hydrogen) atoms. The van der Waals surface area contributed by atoms with Gasteiger partial charge in [-0.15, -0.1) is 0 Å². The molecule has 3 aromatic heterocycles. The topological polar surface area (TPSA) is 144 Å². The van der Waals surface area contributed by atoms with E-state index in [0.29, 0.717) is 78.3 Å². The van der Waals surface area contributed by atoms with Gasteiger partial charge < -0.3 is 14.8 Å². The van der Waals surface area contributed by atoms with Crippen molar-refractivity contribution in [3.8, 4) is 28.7 Å². The van der Waals surface area contributed by atoms with Gasteiger partial charge in [-0.2, -0.15) is 5.26 Å². The third-order valence-corrected chi connectivity index (χ3v) is 11.4. The minimum atomic E-state index is -2.85. The average molecular weight is 757 g/mol. The number of hydrogen-bond donors (Lipinski definition) is 2. The monoisotopic (exact) mass is 756 g/mol. The fourth-order valence-electron chi connectivity index (χ4n) is 7.96. The zero-order chi connectivity index (χ0) is 39.1. The number of fused-ring (bicyclic) bond motifs is 2. The van der Waals surface area contributed by atoms with Gasteiger partial charge in [-0.25, -0.2) is 23.7 Å². The van der Waals surface area contributed by atoms with E-state index < -0.39 is 23.6 Å². The maximum Gasteiger partial charge on any atom is 0.309 e. The normalized spacial score (nSPS) is 16.2. The number of halogens is 2. The van der Waals surface area contributed by atoms with Crippen LogP contribution in [0.3, 0.4) is 0 Å². The summed E-state index contributed by atoms with van der Waals surface area (Å²) in [6.45, 7) is 10.3. The largest absolute Gasteiger partial charge is 0.481 e. The molecular weight excluding hydrogens is 715 g/mol. The number of piperidine rings is 1. The molecule has 2 N–H and O–H groups in total. The molecule has 0 saturated carbocycles. The van der Waals surface area contributed by atoms with E-state index in [1.54, 1.807) is 13.1 Å². The quantitative estimate of drug-likeness (QED) is 0.138. The molecule has 0 radical (unpaired) electrons. The summed E-state index contributed by atoms with van der Waals surface area (Å²) in [5.74, 6) is -0.725. The molecule has 3 aromatic carbocycles. The van der Waals surface area contributed by atoms with Crippen molar-refractivity contribution in [3.05, 3.63) is 94.4 Å². The van der Waals surface area contributed by atoms with Crippen molar-refractivity contribution >= 4 is 39.6 Å². The Morgan fingerprint density at radius 1 is 0.911 bits per heavy atom. The van der Waals surface area contributed by atoms with Gasteiger partial charge in [0.1, 0.15) is 17.1 Å². The highest BCUT2D eigenvalue weighted by atomic mass is 19.3. The van der Waals surface area contributed by atoms with Crippen LogP contribution in [0.15, 0.2) is 65.2 Å². The average Bonchev–Trinajstić information content (AvgIpc) is 3.86. The van der Waals surface area contributed by atoms with Crippen molar-refractivity contribution in [2.75, 3.05) is 31.5 Å². The number of carboxylic acids is 1. The summed E-state index contributed by atoms with van der Waals surface area (Å²) < 4.78 is 34.4. The Labute approximate surface area is 323 Å². The van der Waals surface area contributed by atoms with Crippen LogP contribution in [0, 0.1) is 30.6 Å². The number of oxazole rings is 1. The van der Waals surface area contributed by atoms with E-state index in [4.69, 9.17) is 9.40 Å². The number of aromatic nitrogens is 4. The van der Waals surface area contributed by atoms with Crippen molar-refractivity contribution in [1.82, 2.24) is 29.7 Å². The Kier molecular flexibility index (Phi) is 9.94. The number of alkyl halides is 2. The number of pyridine rings is 1. The van der Waals surface area contributed by atoms with E-state index in [9.17, 15) is 23.9 Å². The number of carbonyl (C=O) groups is 1. The summed E-state index contributed by atoms with van der Waals surface area (Å²) in [7, 11) is 0. The lowest BCUT2D eigenvalue weighted by Crippen LogP contribution is -2.42. The summed E-state index contributed by atoms with van der Waals surface area (Å²) in [6, 6.07) is 19.5. The smallest absolute Gasteiger partial charge is 0.309 e. The Bertz CT molecular complexity index is 2520. The molecule has 0 atom stereocenters.